The molecule has 0 amide bonds. The molecule has 0 spiro atoms. The molecule has 1 unspecified atom stereocenters. The molecule has 8 heteroatoms. The Kier molecular flexibility index (Phi) is 4.94. The molecule has 1 atom stereocenters. The minimum Gasteiger partial charge on any atom is -0.388 e. The molecule has 6 nitrogen and oxygen atoms in total. The van der Waals surface area contributed by atoms with Gasteiger partial charge in [0.2, 0.25) is 5.89 Å². The van der Waals surface area contributed by atoms with E-state index in [0.717, 1.165) is 25.9 Å². The van der Waals surface area contributed by atoms with Crippen LogP contribution in [0.5, 0.6) is 0 Å². The van der Waals surface area contributed by atoms with E-state index in [1.807, 2.05) is 0 Å². The summed E-state index contributed by atoms with van der Waals surface area (Å²) in [4.78, 5) is 11.1. The first kappa shape index (κ1) is 16.4. The van der Waals surface area contributed by atoms with Gasteiger partial charge in [-0.25, -0.2) is 9.89 Å². The van der Waals surface area contributed by atoms with Gasteiger partial charge in [0.1, 0.15) is 0 Å². The lowest BCUT2D eigenvalue weighted by Gasteiger charge is -2.30. The van der Waals surface area contributed by atoms with Crippen LogP contribution in [0.15, 0.2) is 21.3 Å². The number of aromatic amines is 1. The second-order valence-electron chi connectivity index (χ2n) is 5.76. The molecule has 1 aromatic carbocycles. The third-order valence-corrected chi connectivity index (χ3v) is 4.99. The summed E-state index contributed by atoms with van der Waals surface area (Å²) in [6, 6.07) is 3.68. The first-order valence-corrected chi connectivity index (χ1v) is 8.32. The number of benzene rings is 1. The molecular weight excluding hydrogens is 339 g/mol. The second kappa shape index (κ2) is 6.95. The fourth-order valence-corrected chi connectivity index (χ4v) is 3.26. The van der Waals surface area contributed by atoms with Gasteiger partial charge in [0, 0.05) is 11.6 Å². The highest BCUT2D eigenvalue weighted by atomic mass is 35.5. The fourth-order valence-electron chi connectivity index (χ4n) is 2.88. The topological polar surface area (TPSA) is 83.0 Å². The van der Waals surface area contributed by atoms with Gasteiger partial charge in [-0.1, -0.05) is 23.2 Å². The number of halogens is 2. The van der Waals surface area contributed by atoms with Crippen LogP contribution in [0.25, 0.3) is 11.5 Å². The number of piperidine rings is 1. The predicted octanol–water partition coefficient (Wildman–Crippen LogP) is 3.14. The van der Waals surface area contributed by atoms with Crippen molar-refractivity contribution in [2.24, 2.45) is 5.92 Å². The molecule has 0 bridgehead atoms. The van der Waals surface area contributed by atoms with Gasteiger partial charge in [0.05, 0.1) is 15.7 Å². The molecular formula is C15H18Cl2N4O2. The zero-order valence-electron chi connectivity index (χ0n) is 12.7. The van der Waals surface area contributed by atoms with Crippen LogP contribution in [0.4, 0.5) is 5.69 Å². The Labute approximate surface area is 143 Å². The SMILES string of the molecule is CC(Nc1cc(-c2n[nH]c(=O)o2)cc(Cl)c1Cl)C1CCNCC1. The van der Waals surface area contributed by atoms with Crippen molar-refractivity contribution in [2.45, 2.75) is 25.8 Å². The van der Waals surface area contributed by atoms with E-state index < -0.39 is 5.76 Å². The predicted molar refractivity (Wildman–Crippen MR) is 91.3 cm³/mol. The maximum absolute atomic E-state index is 11.1. The van der Waals surface area contributed by atoms with Gasteiger partial charge in [-0.3, -0.25) is 0 Å². The quantitative estimate of drug-likeness (QED) is 0.783. The highest BCUT2D eigenvalue weighted by Gasteiger charge is 2.21. The van der Waals surface area contributed by atoms with Gasteiger partial charge in [0.25, 0.3) is 0 Å². The van der Waals surface area contributed by atoms with E-state index >= 15 is 0 Å². The molecule has 3 rings (SSSR count). The minimum absolute atomic E-state index is 0.186. The van der Waals surface area contributed by atoms with Gasteiger partial charge < -0.3 is 15.1 Å². The third kappa shape index (κ3) is 3.71. The first-order chi connectivity index (χ1) is 11.0. The van der Waals surface area contributed by atoms with Gasteiger partial charge in [0.15, 0.2) is 0 Å². The van der Waals surface area contributed by atoms with Crippen molar-refractivity contribution < 1.29 is 4.42 Å². The molecule has 0 saturated carbocycles. The van der Waals surface area contributed by atoms with Crippen LogP contribution in [0.1, 0.15) is 19.8 Å². The molecule has 1 aromatic heterocycles. The lowest BCUT2D eigenvalue weighted by molar-refractivity contribution is 0.343. The standard InChI is InChI=1S/C15H18Cl2N4O2/c1-8(9-2-4-18-5-3-9)19-12-7-10(6-11(16)13(12)17)14-20-21-15(22)23-14/h6-9,18-19H,2-5H2,1H3,(H,21,22). The monoisotopic (exact) mass is 356 g/mol. The number of hydrogen-bond acceptors (Lipinski definition) is 5. The van der Waals surface area contributed by atoms with Crippen molar-refractivity contribution in [3.63, 3.8) is 0 Å². The third-order valence-electron chi connectivity index (χ3n) is 4.19. The Morgan fingerprint density at radius 3 is 2.74 bits per heavy atom. The van der Waals surface area contributed by atoms with E-state index in [9.17, 15) is 4.79 Å². The van der Waals surface area contributed by atoms with Crippen LogP contribution in [0.2, 0.25) is 10.0 Å². The smallest absolute Gasteiger partial charge is 0.388 e. The summed E-state index contributed by atoms with van der Waals surface area (Å²) in [7, 11) is 0. The van der Waals surface area contributed by atoms with Crippen LogP contribution < -0.4 is 16.4 Å². The van der Waals surface area contributed by atoms with E-state index in [0.29, 0.717) is 27.2 Å². The second-order valence-corrected chi connectivity index (χ2v) is 6.54. The average molecular weight is 357 g/mol. The van der Waals surface area contributed by atoms with Crippen molar-refractivity contribution in [3.05, 3.63) is 32.7 Å². The number of aromatic nitrogens is 2. The lowest BCUT2D eigenvalue weighted by atomic mass is 9.91. The number of nitrogens with one attached hydrogen (secondary N) is 3. The molecule has 1 saturated heterocycles. The van der Waals surface area contributed by atoms with Crippen LogP contribution in [0, 0.1) is 5.92 Å². The molecule has 1 aliphatic heterocycles. The van der Waals surface area contributed by atoms with E-state index in [1.165, 1.54) is 0 Å². The molecule has 0 radical (unpaired) electrons. The maximum atomic E-state index is 11.1. The Morgan fingerprint density at radius 1 is 1.35 bits per heavy atom. The van der Waals surface area contributed by atoms with E-state index in [4.69, 9.17) is 27.6 Å². The van der Waals surface area contributed by atoms with E-state index in [-0.39, 0.29) is 11.9 Å². The van der Waals surface area contributed by atoms with E-state index in [1.54, 1.807) is 12.1 Å². The Morgan fingerprint density at radius 2 is 2.09 bits per heavy atom. The number of hydrogen-bond donors (Lipinski definition) is 3. The van der Waals surface area contributed by atoms with Crippen molar-refractivity contribution in [1.29, 1.82) is 0 Å². The van der Waals surface area contributed by atoms with Crippen molar-refractivity contribution in [1.82, 2.24) is 15.5 Å². The van der Waals surface area contributed by atoms with E-state index in [2.05, 4.69) is 27.8 Å². The Bertz CT molecular complexity index is 737. The molecule has 1 fully saturated rings. The highest BCUT2D eigenvalue weighted by molar-refractivity contribution is 6.44. The summed E-state index contributed by atoms with van der Waals surface area (Å²) < 4.78 is 4.98. The first-order valence-electron chi connectivity index (χ1n) is 7.57. The summed E-state index contributed by atoms with van der Waals surface area (Å²) in [6.07, 6.45) is 2.24. The zero-order chi connectivity index (χ0) is 16.4. The number of anilines is 1. The van der Waals surface area contributed by atoms with Crippen molar-refractivity contribution >= 4 is 28.9 Å². The van der Waals surface area contributed by atoms with Crippen LogP contribution in [-0.4, -0.2) is 29.3 Å². The maximum Gasteiger partial charge on any atom is 0.434 e. The summed E-state index contributed by atoms with van der Waals surface area (Å²) in [5, 5.41) is 13.7. The molecule has 3 N–H and O–H groups in total. The molecule has 23 heavy (non-hydrogen) atoms. The fraction of sp³-hybridized carbons (Fsp3) is 0.467. The number of nitrogens with zero attached hydrogens (tertiary/aromatic N) is 1. The summed E-state index contributed by atoms with van der Waals surface area (Å²) in [6.45, 7) is 4.20. The molecule has 0 aliphatic carbocycles. The summed E-state index contributed by atoms with van der Waals surface area (Å²) >= 11 is 12.5. The zero-order valence-corrected chi connectivity index (χ0v) is 14.2. The van der Waals surface area contributed by atoms with Gasteiger partial charge in [-0.05, 0) is 50.9 Å². The Hall–Kier alpha value is -1.50. The number of rotatable bonds is 4. The molecule has 2 heterocycles. The highest BCUT2D eigenvalue weighted by Crippen LogP contribution is 2.36. The average Bonchev–Trinajstić information content (AvgIpc) is 2.99. The summed E-state index contributed by atoms with van der Waals surface area (Å²) in [5.74, 6) is 0.146. The Balaban J connectivity index is 1.85. The lowest BCUT2D eigenvalue weighted by Crippen LogP contribution is -2.36. The van der Waals surface area contributed by atoms with Gasteiger partial charge in [-0.15, -0.1) is 5.10 Å². The molecule has 1 aliphatic rings. The molecule has 124 valence electrons. The minimum atomic E-state index is -0.608. The van der Waals surface area contributed by atoms with Gasteiger partial charge in [-0.2, -0.15) is 0 Å². The normalized spacial score (nSPS) is 17.2. The summed E-state index contributed by atoms with van der Waals surface area (Å²) in [5.41, 5.74) is 1.31. The van der Waals surface area contributed by atoms with Crippen LogP contribution in [0.3, 0.4) is 0 Å². The van der Waals surface area contributed by atoms with Crippen LogP contribution in [-0.2, 0) is 0 Å². The largest absolute Gasteiger partial charge is 0.434 e. The van der Waals surface area contributed by atoms with Gasteiger partial charge >= 0.3 is 5.76 Å². The van der Waals surface area contributed by atoms with Crippen molar-refractivity contribution in [2.75, 3.05) is 18.4 Å². The molecule has 2 aromatic rings. The van der Waals surface area contributed by atoms with Crippen molar-refractivity contribution in [3.8, 4) is 11.5 Å². The number of H-pyrrole nitrogens is 1. The van der Waals surface area contributed by atoms with Crippen LogP contribution >= 0.6 is 23.2 Å².